The molecule has 0 saturated carbocycles. The van der Waals surface area contributed by atoms with Crippen LogP contribution in [0.2, 0.25) is 0 Å². The molecule has 4 N–H and O–H groups in total. The van der Waals surface area contributed by atoms with Crippen LogP contribution in [0.3, 0.4) is 0 Å². The topological polar surface area (TPSA) is 116 Å². The Morgan fingerprint density at radius 3 is 2.52 bits per heavy atom. The van der Waals surface area contributed by atoms with Crippen molar-refractivity contribution in [2.24, 2.45) is 11.7 Å². The van der Waals surface area contributed by atoms with Crippen molar-refractivity contribution in [3.8, 4) is 0 Å². The van der Waals surface area contributed by atoms with Crippen molar-refractivity contribution in [3.63, 3.8) is 0 Å². The van der Waals surface area contributed by atoms with Crippen LogP contribution >= 0.6 is 0 Å². The first-order chi connectivity index (χ1) is 9.79. The van der Waals surface area contributed by atoms with Gasteiger partial charge in [0.05, 0.1) is 0 Å². The number of carbonyl (C=O) groups excluding carboxylic acids is 2. The van der Waals surface area contributed by atoms with Gasteiger partial charge in [-0.1, -0.05) is 0 Å². The van der Waals surface area contributed by atoms with E-state index in [0.717, 1.165) is 24.4 Å². The highest BCUT2D eigenvalue weighted by molar-refractivity contribution is 5.85. The number of nitrogens with one attached hydrogen (secondary N) is 1. The molecule has 0 spiro atoms. The third-order valence-corrected chi connectivity index (χ3v) is 3.55. The Kier molecular flexibility index (Phi) is 6.41. The lowest BCUT2D eigenvalue weighted by Crippen LogP contribution is -2.47. The van der Waals surface area contributed by atoms with Gasteiger partial charge in [0.1, 0.15) is 13.1 Å². The highest BCUT2D eigenvalue weighted by atomic mass is 16.4. The molecule has 1 fully saturated rings. The minimum atomic E-state index is -1.18. The van der Waals surface area contributed by atoms with E-state index in [1.165, 1.54) is 0 Å². The van der Waals surface area contributed by atoms with E-state index in [4.69, 9.17) is 10.8 Å². The lowest BCUT2D eigenvalue weighted by Gasteiger charge is -2.22. The second kappa shape index (κ2) is 7.82. The zero-order valence-corrected chi connectivity index (χ0v) is 12.5. The lowest BCUT2D eigenvalue weighted by molar-refractivity contribution is -0.137. The normalized spacial score (nSPS) is 18.7. The fraction of sp³-hybridized carbons (Fsp3) is 0.769. The summed E-state index contributed by atoms with van der Waals surface area (Å²) in [4.78, 5) is 36.7. The molecular weight excluding hydrogens is 276 g/mol. The van der Waals surface area contributed by atoms with Gasteiger partial charge in [-0.2, -0.15) is 0 Å². The summed E-state index contributed by atoms with van der Waals surface area (Å²) in [6.07, 6.45) is 0.993. The predicted octanol–water partition coefficient (Wildman–Crippen LogP) is -0.702. The van der Waals surface area contributed by atoms with E-state index in [1.807, 2.05) is 0 Å². The average molecular weight is 300 g/mol. The summed E-state index contributed by atoms with van der Waals surface area (Å²) in [7, 11) is 0. The van der Waals surface area contributed by atoms with E-state index in [1.54, 1.807) is 0 Å². The number of rotatable bonds is 7. The number of likely N-dealkylation sites (tertiary alicyclic amines) is 1. The van der Waals surface area contributed by atoms with Gasteiger partial charge in [-0.25, -0.2) is 4.79 Å². The Balaban J connectivity index is 2.43. The Hall–Kier alpha value is -1.83. The molecule has 1 unspecified atom stereocenters. The summed E-state index contributed by atoms with van der Waals surface area (Å²) in [5, 5.41) is 11.4. The summed E-state index contributed by atoms with van der Waals surface area (Å²) in [6, 6.07) is -0.0942. The Morgan fingerprint density at radius 2 is 2.05 bits per heavy atom. The van der Waals surface area contributed by atoms with Gasteiger partial charge in [0.15, 0.2) is 0 Å². The van der Waals surface area contributed by atoms with Gasteiger partial charge in [-0.3, -0.25) is 9.59 Å². The van der Waals surface area contributed by atoms with Gasteiger partial charge < -0.3 is 26.0 Å². The van der Waals surface area contributed by atoms with Crippen LogP contribution in [0, 0.1) is 5.92 Å². The molecule has 1 saturated heterocycles. The number of aliphatic carboxylic acids is 1. The predicted molar refractivity (Wildman–Crippen MR) is 76.6 cm³/mol. The van der Waals surface area contributed by atoms with Crippen molar-refractivity contribution >= 4 is 17.9 Å². The number of nitrogens with zero attached hydrogens (tertiary/aromatic N) is 2. The third kappa shape index (κ3) is 5.99. The van der Waals surface area contributed by atoms with Gasteiger partial charge in [-0.15, -0.1) is 0 Å². The molecule has 0 aromatic carbocycles. The molecule has 1 aliphatic heterocycles. The number of amides is 3. The maximum absolute atomic E-state index is 11.9. The maximum atomic E-state index is 11.9. The average Bonchev–Trinajstić information content (AvgIpc) is 2.82. The first kappa shape index (κ1) is 17.2. The zero-order valence-electron chi connectivity index (χ0n) is 12.5. The molecule has 120 valence electrons. The van der Waals surface area contributed by atoms with Crippen LogP contribution in [-0.2, 0) is 9.59 Å². The second-order valence-electron chi connectivity index (χ2n) is 5.65. The summed E-state index contributed by atoms with van der Waals surface area (Å²) < 4.78 is 0. The molecule has 8 heteroatoms. The third-order valence-electron chi connectivity index (χ3n) is 3.55. The Labute approximate surface area is 124 Å². The molecule has 0 bridgehead atoms. The van der Waals surface area contributed by atoms with Crippen molar-refractivity contribution < 1.29 is 19.5 Å². The van der Waals surface area contributed by atoms with E-state index in [2.05, 4.69) is 24.1 Å². The number of urea groups is 1. The standard InChI is InChI=1S/C13H24N4O4/c1-9(2)16-4-3-10(6-16)5-15-13(21)17(7-11(14)18)8-12(19)20/h9-10H,3-8H2,1-2H3,(H2,14,18)(H,15,21)(H,19,20). The summed E-state index contributed by atoms with van der Waals surface area (Å²) in [5.41, 5.74) is 5.02. The van der Waals surface area contributed by atoms with Crippen molar-refractivity contribution in [3.05, 3.63) is 0 Å². The van der Waals surface area contributed by atoms with Gasteiger partial charge in [0, 0.05) is 19.1 Å². The minimum absolute atomic E-state index is 0.344. The van der Waals surface area contributed by atoms with Gasteiger partial charge in [-0.05, 0) is 32.7 Å². The SMILES string of the molecule is CC(C)N1CCC(CNC(=O)N(CC(N)=O)CC(=O)O)C1. The first-order valence-electron chi connectivity index (χ1n) is 7.06. The number of nitrogens with two attached hydrogens (primary N) is 1. The number of primary amides is 1. The number of hydrogen-bond donors (Lipinski definition) is 3. The van der Waals surface area contributed by atoms with Crippen molar-refractivity contribution in [2.75, 3.05) is 32.7 Å². The van der Waals surface area contributed by atoms with Crippen LogP contribution in [0.15, 0.2) is 0 Å². The fourth-order valence-corrected chi connectivity index (χ4v) is 2.39. The van der Waals surface area contributed by atoms with Crippen LogP contribution in [-0.4, -0.2) is 71.6 Å². The van der Waals surface area contributed by atoms with Gasteiger partial charge in [0.2, 0.25) is 5.91 Å². The molecule has 8 nitrogen and oxygen atoms in total. The molecule has 1 aliphatic rings. The van der Waals surface area contributed by atoms with Gasteiger partial charge >= 0.3 is 12.0 Å². The van der Waals surface area contributed by atoms with Crippen LogP contribution in [0.25, 0.3) is 0 Å². The smallest absolute Gasteiger partial charge is 0.323 e. The molecular formula is C13H24N4O4. The van der Waals surface area contributed by atoms with E-state index in [0.29, 0.717) is 18.5 Å². The quantitative estimate of drug-likeness (QED) is 0.575. The van der Waals surface area contributed by atoms with Crippen molar-refractivity contribution in [1.82, 2.24) is 15.1 Å². The molecule has 0 aromatic heterocycles. The molecule has 1 heterocycles. The Morgan fingerprint density at radius 1 is 1.38 bits per heavy atom. The molecule has 0 aliphatic carbocycles. The van der Waals surface area contributed by atoms with Crippen LogP contribution in [0.1, 0.15) is 20.3 Å². The van der Waals surface area contributed by atoms with Crippen molar-refractivity contribution in [2.45, 2.75) is 26.3 Å². The largest absolute Gasteiger partial charge is 0.480 e. The number of carbonyl (C=O) groups is 3. The van der Waals surface area contributed by atoms with Crippen LogP contribution in [0.4, 0.5) is 4.79 Å². The number of hydrogen-bond acceptors (Lipinski definition) is 4. The van der Waals surface area contributed by atoms with E-state index in [9.17, 15) is 14.4 Å². The second-order valence-corrected chi connectivity index (χ2v) is 5.65. The highest BCUT2D eigenvalue weighted by Crippen LogP contribution is 2.17. The summed E-state index contributed by atoms with van der Waals surface area (Å²) in [6.45, 7) is 5.69. The van der Waals surface area contributed by atoms with E-state index < -0.39 is 31.0 Å². The highest BCUT2D eigenvalue weighted by Gasteiger charge is 2.25. The number of carboxylic acid groups (broad SMARTS) is 1. The molecule has 0 aromatic rings. The van der Waals surface area contributed by atoms with E-state index >= 15 is 0 Å². The molecule has 0 radical (unpaired) electrons. The lowest BCUT2D eigenvalue weighted by atomic mass is 10.1. The zero-order chi connectivity index (χ0) is 16.0. The molecule has 1 atom stereocenters. The summed E-state index contributed by atoms with van der Waals surface area (Å²) in [5.74, 6) is -1.58. The van der Waals surface area contributed by atoms with Crippen LogP contribution < -0.4 is 11.1 Å². The Bertz CT molecular complexity index is 384. The van der Waals surface area contributed by atoms with Crippen molar-refractivity contribution in [1.29, 1.82) is 0 Å². The molecule has 21 heavy (non-hydrogen) atoms. The monoisotopic (exact) mass is 300 g/mol. The van der Waals surface area contributed by atoms with E-state index in [-0.39, 0.29) is 0 Å². The minimum Gasteiger partial charge on any atom is -0.480 e. The van der Waals surface area contributed by atoms with Gasteiger partial charge in [0.25, 0.3) is 0 Å². The summed E-state index contributed by atoms with van der Waals surface area (Å²) >= 11 is 0. The number of carboxylic acids is 1. The van der Waals surface area contributed by atoms with Crippen LogP contribution in [0.5, 0.6) is 0 Å². The molecule has 1 rings (SSSR count). The fourth-order valence-electron chi connectivity index (χ4n) is 2.39. The molecule has 3 amide bonds. The first-order valence-corrected chi connectivity index (χ1v) is 7.06. The maximum Gasteiger partial charge on any atom is 0.323 e.